The first-order valence-electron chi connectivity index (χ1n) is 11.7. The predicted octanol–water partition coefficient (Wildman–Crippen LogP) is 6.28. The molecule has 3 aromatic rings. The number of aromatic hydroxyl groups is 1. The Labute approximate surface area is 195 Å². The van der Waals surface area contributed by atoms with Crippen molar-refractivity contribution in [2.24, 2.45) is 0 Å². The number of hydrogen-bond acceptors (Lipinski definition) is 4. The lowest BCUT2D eigenvalue weighted by molar-refractivity contribution is 0.248. The van der Waals surface area contributed by atoms with Gasteiger partial charge in [0.15, 0.2) is 0 Å². The van der Waals surface area contributed by atoms with Crippen molar-refractivity contribution in [3.05, 3.63) is 89.5 Å². The van der Waals surface area contributed by atoms with Gasteiger partial charge in [-0.15, -0.1) is 11.8 Å². The van der Waals surface area contributed by atoms with Crippen LogP contribution in [0.25, 0.3) is 0 Å². The van der Waals surface area contributed by atoms with Gasteiger partial charge in [-0.2, -0.15) is 0 Å². The third-order valence-corrected chi connectivity index (χ3v) is 7.80. The van der Waals surface area contributed by atoms with Gasteiger partial charge in [-0.3, -0.25) is 0 Å². The van der Waals surface area contributed by atoms with Gasteiger partial charge < -0.3 is 14.7 Å². The van der Waals surface area contributed by atoms with Gasteiger partial charge in [0.25, 0.3) is 0 Å². The van der Waals surface area contributed by atoms with Crippen molar-refractivity contribution in [2.75, 3.05) is 32.0 Å². The second-order valence-electron chi connectivity index (χ2n) is 8.85. The molecule has 3 aromatic carbocycles. The van der Waals surface area contributed by atoms with Gasteiger partial charge in [0.1, 0.15) is 11.5 Å². The van der Waals surface area contributed by atoms with E-state index in [2.05, 4.69) is 59.5 Å². The summed E-state index contributed by atoms with van der Waals surface area (Å²) >= 11 is 1.96. The molecule has 2 aliphatic heterocycles. The van der Waals surface area contributed by atoms with E-state index in [1.54, 1.807) is 12.1 Å². The number of phenolic OH excluding ortho intramolecular Hbond substituents is 1. The molecule has 0 bridgehead atoms. The Morgan fingerprint density at radius 2 is 1.69 bits per heavy atom. The number of fused-ring (bicyclic) bond motifs is 1. The maximum absolute atomic E-state index is 9.95. The van der Waals surface area contributed by atoms with E-state index in [1.807, 2.05) is 17.8 Å². The molecule has 1 saturated heterocycles. The van der Waals surface area contributed by atoms with Gasteiger partial charge in [0.05, 0.1) is 6.61 Å². The molecule has 4 heteroatoms. The van der Waals surface area contributed by atoms with Crippen LogP contribution in [0.4, 0.5) is 0 Å². The van der Waals surface area contributed by atoms with Crippen molar-refractivity contribution < 1.29 is 9.84 Å². The molecular formula is C28H31NO2S. The molecule has 2 atom stereocenters. The second kappa shape index (κ2) is 10.0. The summed E-state index contributed by atoms with van der Waals surface area (Å²) < 4.78 is 6.09. The van der Waals surface area contributed by atoms with E-state index >= 15 is 0 Å². The molecule has 0 unspecified atom stereocenters. The van der Waals surface area contributed by atoms with Crippen molar-refractivity contribution in [1.82, 2.24) is 4.90 Å². The number of ether oxygens (including phenoxy) is 1. The van der Waals surface area contributed by atoms with Gasteiger partial charge in [-0.1, -0.05) is 48.5 Å². The molecule has 166 valence electrons. The van der Waals surface area contributed by atoms with Crippen LogP contribution < -0.4 is 4.74 Å². The number of benzene rings is 3. The third-order valence-electron chi connectivity index (χ3n) is 6.71. The quantitative estimate of drug-likeness (QED) is 0.343. The Hall–Kier alpha value is -2.43. The summed E-state index contributed by atoms with van der Waals surface area (Å²) in [7, 11) is 0. The topological polar surface area (TPSA) is 32.7 Å². The molecule has 1 N–H and O–H groups in total. The smallest absolute Gasteiger partial charge is 0.126 e. The number of nitrogens with zero attached hydrogens (tertiary/aromatic N) is 1. The number of thioether (sulfide) groups is 1. The van der Waals surface area contributed by atoms with Crippen LogP contribution in [0.15, 0.2) is 77.7 Å². The van der Waals surface area contributed by atoms with Gasteiger partial charge in [0, 0.05) is 28.4 Å². The van der Waals surface area contributed by atoms with Crippen LogP contribution in [0.1, 0.15) is 47.8 Å². The Kier molecular flexibility index (Phi) is 6.70. The number of likely N-dealkylation sites (tertiary alicyclic amines) is 1. The highest BCUT2D eigenvalue weighted by atomic mass is 32.2. The molecule has 0 aliphatic carbocycles. The summed E-state index contributed by atoms with van der Waals surface area (Å²) in [5.74, 6) is 2.66. The van der Waals surface area contributed by atoms with E-state index < -0.39 is 0 Å². The Morgan fingerprint density at radius 3 is 2.47 bits per heavy atom. The monoisotopic (exact) mass is 445 g/mol. The maximum Gasteiger partial charge on any atom is 0.126 e. The molecule has 0 aromatic heterocycles. The van der Waals surface area contributed by atoms with Gasteiger partial charge in [-0.05, 0) is 74.0 Å². The van der Waals surface area contributed by atoms with Crippen molar-refractivity contribution in [3.63, 3.8) is 0 Å². The predicted molar refractivity (Wildman–Crippen MR) is 132 cm³/mol. The van der Waals surface area contributed by atoms with E-state index in [-0.39, 0.29) is 17.6 Å². The zero-order chi connectivity index (χ0) is 21.8. The summed E-state index contributed by atoms with van der Waals surface area (Å²) in [6.45, 7) is 4.41. The van der Waals surface area contributed by atoms with Crippen molar-refractivity contribution >= 4 is 11.8 Å². The average Bonchev–Trinajstić information content (AvgIpc) is 3.36. The van der Waals surface area contributed by atoms with Gasteiger partial charge in [-0.25, -0.2) is 0 Å². The Morgan fingerprint density at radius 1 is 0.906 bits per heavy atom. The van der Waals surface area contributed by atoms with Crippen LogP contribution in [-0.4, -0.2) is 42.0 Å². The molecule has 1 fully saturated rings. The lowest BCUT2D eigenvalue weighted by Crippen LogP contribution is -2.25. The van der Waals surface area contributed by atoms with Crippen LogP contribution in [0, 0.1) is 0 Å². The summed E-state index contributed by atoms with van der Waals surface area (Å²) in [6, 6.07) is 25.3. The zero-order valence-corrected chi connectivity index (χ0v) is 19.3. The van der Waals surface area contributed by atoms with Crippen LogP contribution in [0.2, 0.25) is 0 Å². The largest absolute Gasteiger partial charge is 0.508 e. The molecule has 0 amide bonds. The SMILES string of the molecule is Oc1ccc2c(c1)OC[C@@H](c1ccccc1)[C@H]2c1ccc(SCCCN2CCCC2)cc1. The molecule has 0 saturated carbocycles. The highest BCUT2D eigenvalue weighted by Crippen LogP contribution is 2.47. The van der Waals surface area contributed by atoms with Crippen molar-refractivity contribution in [1.29, 1.82) is 0 Å². The van der Waals surface area contributed by atoms with Crippen LogP contribution in [0.3, 0.4) is 0 Å². The lowest BCUT2D eigenvalue weighted by Gasteiger charge is -2.34. The van der Waals surface area contributed by atoms with Gasteiger partial charge in [0.2, 0.25) is 0 Å². The molecule has 2 heterocycles. The van der Waals surface area contributed by atoms with Crippen LogP contribution >= 0.6 is 11.8 Å². The standard InChI is InChI=1S/C28H31NO2S/c30-23-11-14-25-27(19-23)31-20-26(21-7-2-1-3-8-21)28(25)22-9-12-24(13-10-22)32-18-6-17-29-15-4-5-16-29/h1-3,7-14,19,26,28,30H,4-6,15-18,20H2/t26-,28-/m0/s1. The van der Waals surface area contributed by atoms with Crippen LogP contribution in [0.5, 0.6) is 11.5 Å². The van der Waals surface area contributed by atoms with Crippen LogP contribution in [-0.2, 0) is 0 Å². The zero-order valence-electron chi connectivity index (χ0n) is 18.5. The molecule has 0 spiro atoms. The van der Waals surface area contributed by atoms with E-state index in [4.69, 9.17) is 4.74 Å². The molecule has 32 heavy (non-hydrogen) atoms. The normalized spacial score (nSPS) is 20.6. The second-order valence-corrected chi connectivity index (χ2v) is 10.0. The van der Waals surface area contributed by atoms with E-state index in [9.17, 15) is 5.11 Å². The minimum absolute atomic E-state index is 0.205. The summed E-state index contributed by atoms with van der Waals surface area (Å²) in [5, 5.41) is 9.95. The van der Waals surface area contributed by atoms with E-state index in [0.29, 0.717) is 6.61 Å². The number of phenols is 1. The third kappa shape index (κ3) is 4.82. The van der Waals surface area contributed by atoms with Crippen molar-refractivity contribution in [3.8, 4) is 11.5 Å². The van der Waals surface area contributed by atoms with Crippen molar-refractivity contribution in [2.45, 2.75) is 36.0 Å². The van der Waals surface area contributed by atoms with E-state index in [0.717, 1.165) is 11.3 Å². The maximum atomic E-state index is 9.95. The molecule has 2 aliphatic rings. The fraction of sp³-hybridized carbons (Fsp3) is 0.357. The summed E-state index contributed by atoms with van der Waals surface area (Å²) in [6.07, 6.45) is 3.99. The van der Waals surface area contributed by atoms with Gasteiger partial charge >= 0.3 is 0 Å². The molecule has 0 radical (unpaired) electrons. The first-order valence-corrected chi connectivity index (χ1v) is 12.7. The first kappa shape index (κ1) is 21.4. The number of hydrogen-bond donors (Lipinski definition) is 1. The highest BCUT2D eigenvalue weighted by molar-refractivity contribution is 7.99. The first-order chi connectivity index (χ1) is 15.8. The molecule has 5 rings (SSSR count). The fourth-order valence-corrected chi connectivity index (χ4v) is 5.89. The van der Waals surface area contributed by atoms with E-state index in [1.165, 1.54) is 60.7 Å². The summed E-state index contributed by atoms with van der Waals surface area (Å²) in [4.78, 5) is 3.93. The molecule has 3 nitrogen and oxygen atoms in total. The fourth-order valence-electron chi connectivity index (χ4n) is 5.05. The number of rotatable bonds is 7. The minimum atomic E-state index is 0.205. The lowest BCUT2D eigenvalue weighted by atomic mass is 9.76. The summed E-state index contributed by atoms with van der Waals surface area (Å²) in [5.41, 5.74) is 3.74. The Balaban J connectivity index is 1.33. The average molecular weight is 446 g/mol. The minimum Gasteiger partial charge on any atom is -0.508 e. The molecular weight excluding hydrogens is 414 g/mol. The Bertz CT molecular complexity index is 1020. The highest BCUT2D eigenvalue weighted by Gasteiger charge is 2.33.